The molecule has 1 N–H and O–H groups in total. The maximum Gasteiger partial charge on any atom is 0.136 e. The van der Waals surface area contributed by atoms with E-state index in [1.165, 1.54) is 17.8 Å². The Labute approximate surface area is 126 Å². The van der Waals surface area contributed by atoms with E-state index in [-0.39, 0.29) is 11.3 Å². The number of hydrogen-bond acceptors (Lipinski definition) is 3. The second-order valence-electron chi connectivity index (χ2n) is 4.85. The third kappa shape index (κ3) is 2.89. The Morgan fingerprint density at radius 2 is 2.00 bits per heavy atom. The fourth-order valence-corrected chi connectivity index (χ4v) is 3.75. The highest BCUT2D eigenvalue weighted by Gasteiger charge is 2.31. The number of halogens is 2. The fourth-order valence-electron chi connectivity index (χ4n) is 2.51. The molecule has 2 aromatic carbocycles. The molecule has 110 valence electrons. The lowest BCUT2D eigenvalue weighted by atomic mass is 10.0. The first kappa shape index (κ1) is 14.4. The number of para-hydroxylation sites is 1. The molecular weight excluding hydrogens is 292 g/mol. The van der Waals surface area contributed by atoms with E-state index in [4.69, 9.17) is 4.74 Å². The molecule has 2 nitrogen and oxygen atoms in total. The molecule has 0 bridgehead atoms. The van der Waals surface area contributed by atoms with Gasteiger partial charge in [0, 0.05) is 10.5 Å². The number of fused-ring (bicyclic) bond motifs is 1. The summed E-state index contributed by atoms with van der Waals surface area (Å²) in [6.45, 7) is 0.448. The summed E-state index contributed by atoms with van der Waals surface area (Å²) in [6.07, 6.45) is 0. The molecule has 0 saturated carbocycles. The van der Waals surface area contributed by atoms with Crippen LogP contribution in [0, 0.1) is 11.6 Å². The minimum atomic E-state index is -0.433. The van der Waals surface area contributed by atoms with Gasteiger partial charge in [0.15, 0.2) is 0 Å². The number of thioether (sulfide) groups is 1. The average Bonchev–Trinajstić information content (AvgIpc) is 2.50. The van der Waals surface area contributed by atoms with Crippen LogP contribution in [0.3, 0.4) is 0 Å². The van der Waals surface area contributed by atoms with Gasteiger partial charge in [0.1, 0.15) is 24.0 Å². The van der Waals surface area contributed by atoms with Crippen LogP contribution < -0.4 is 10.1 Å². The molecule has 0 fully saturated rings. The van der Waals surface area contributed by atoms with Gasteiger partial charge in [0.05, 0.1) is 11.3 Å². The zero-order chi connectivity index (χ0) is 14.8. The van der Waals surface area contributed by atoms with Crippen molar-refractivity contribution < 1.29 is 13.5 Å². The van der Waals surface area contributed by atoms with Gasteiger partial charge >= 0.3 is 0 Å². The van der Waals surface area contributed by atoms with Gasteiger partial charge < -0.3 is 10.1 Å². The van der Waals surface area contributed by atoms with E-state index in [2.05, 4.69) is 5.32 Å². The molecule has 3 rings (SSSR count). The van der Waals surface area contributed by atoms with Crippen molar-refractivity contribution in [1.29, 1.82) is 0 Å². The molecule has 1 aliphatic heterocycles. The van der Waals surface area contributed by atoms with Crippen LogP contribution in [-0.2, 0) is 0 Å². The summed E-state index contributed by atoms with van der Waals surface area (Å²) in [7, 11) is 1.86. The Balaban J connectivity index is 1.88. The van der Waals surface area contributed by atoms with E-state index in [1.807, 2.05) is 31.3 Å². The second-order valence-corrected chi connectivity index (χ2v) is 6.13. The Hall–Kier alpha value is -1.59. The van der Waals surface area contributed by atoms with Gasteiger partial charge in [0.2, 0.25) is 0 Å². The second kappa shape index (κ2) is 6.03. The highest BCUT2D eigenvalue weighted by atomic mass is 32.2. The highest BCUT2D eigenvalue weighted by Crippen LogP contribution is 2.40. The Morgan fingerprint density at radius 3 is 2.81 bits per heavy atom. The Morgan fingerprint density at radius 1 is 1.19 bits per heavy atom. The first-order valence-corrected chi connectivity index (χ1v) is 7.57. The van der Waals surface area contributed by atoms with Crippen LogP contribution in [0.25, 0.3) is 0 Å². The minimum Gasteiger partial charge on any atom is -0.492 e. The lowest BCUT2D eigenvalue weighted by molar-refractivity contribution is 0.265. The molecule has 1 aliphatic rings. The maximum absolute atomic E-state index is 13.8. The van der Waals surface area contributed by atoms with E-state index < -0.39 is 11.6 Å². The lowest BCUT2D eigenvalue weighted by Gasteiger charge is -2.33. The summed E-state index contributed by atoms with van der Waals surface area (Å²) in [5, 5.41) is 3.22. The summed E-state index contributed by atoms with van der Waals surface area (Å²) >= 11 is 1.30. The SMILES string of the molecule is CNC1c2ccccc2OCC1Sc1cc(F)ccc1F. The summed E-state index contributed by atoms with van der Waals surface area (Å²) in [4.78, 5) is 0.309. The molecule has 2 atom stereocenters. The smallest absolute Gasteiger partial charge is 0.136 e. The molecule has 0 amide bonds. The van der Waals surface area contributed by atoms with Crippen molar-refractivity contribution in [1.82, 2.24) is 5.32 Å². The van der Waals surface area contributed by atoms with Crippen LogP contribution in [0.1, 0.15) is 11.6 Å². The van der Waals surface area contributed by atoms with Gasteiger partial charge in [-0.15, -0.1) is 11.8 Å². The van der Waals surface area contributed by atoms with Gasteiger partial charge in [-0.25, -0.2) is 8.78 Å². The Kier molecular flexibility index (Phi) is 4.12. The van der Waals surface area contributed by atoms with Gasteiger partial charge in [0.25, 0.3) is 0 Å². The van der Waals surface area contributed by atoms with Crippen molar-refractivity contribution in [3.05, 3.63) is 59.7 Å². The number of ether oxygens (including phenoxy) is 1. The first-order valence-electron chi connectivity index (χ1n) is 6.69. The molecule has 2 unspecified atom stereocenters. The van der Waals surface area contributed by atoms with Gasteiger partial charge in [-0.3, -0.25) is 0 Å². The summed E-state index contributed by atoms with van der Waals surface area (Å²) in [6, 6.07) is 11.3. The fraction of sp³-hybridized carbons (Fsp3) is 0.250. The van der Waals surface area contributed by atoms with Crippen molar-refractivity contribution in [2.75, 3.05) is 13.7 Å². The quantitative estimate of drug-likeness (QED) is 0.932. The zero-order valence-corrected chi connectivity index (χ0v) is 12.3. The number of hydrogen-bond donors (Lipinski definition) is 1. The third-order valence-electron chi connectivity index (χ3n) is 3.51. The third-order valence-corrected chi connectivity index (χ3v) is 4.79. The Bertz CT molecular complexity index is 650. The van der Waals surface area contributed by atoms with E-state index in [0.717, 1.165) is 23.4 Å². The summed E-state index contributed by atoms with van der Waals surface area (Å²) < 4.78 is 32.8. The van der Waals surface area contributed by atoms with Crippen LogP contribution in [0.5, 0.6) is 5.75 Å². The largest absolute Gasteiger partial charge is 0.492 e. The molecule has 21 heavy (non-hydrogen) atoms. The van der Waals surface area contributed by atoms with Crippen molar-refractivity contribution in [3.63, 3.8) is 0 Å². The molecule has 5 heteroatoms. The zero-order valence-electron chi connectivity index (χ0n) is 11.5. The molecular formula is C16H15F2NOS. The van der Waals surface area contributed by atoms with Crippen LogP contribution in [0.4, 0.5) is 8.78 Å². The van der Waals surface area contributed by atoms with Crippen molar-refractivity contribution in [3.8, 4) is 5.75 Å². The minimum absolute atomic E-state index is 0.0267. The number of benzene rings is 2. The first-order chi connectivity index (χ1) is 10.2. The molecule has 1 heterocycles. The van der Waals surface area contributed by atoms with Gasteiger partial charge in [-0.1, -0.05) is 18.2 Å². The van der Waals surface area contributed by atoms with Crippen LogP contribution in [-0.4, -0.2) is 18.9 Å². The molecule has 0 radical (unpaired) electrons. The molecule has 2 aromatic rings. The molecule has 0 spiro atoms. The monoisotopic (exact) mass is 307 g/mol. The summed E-state index contributed by atoms with van der Waals surface area (Å²) in [5.41, 5.74) is 1.04. The summed E-state index contributed by atoms with van der Waals surface area (Å²) in [5.74, 6) is 0.000520. The molecule has 0 aliphatic carbocycles. The van der Waals surface area contributed by atoms with E-state index in [9.17, 15) is 8.78 Å². The normalized spacial score (nSPS) is 20.7. The van der Waals surface area contributed by atoms with Crippen molar-refractivity contribution in [2.24, 2.45) is 0 Å². The maximum atomic E-state index is 13.8. The topological polar surface area (TPSA) is 21.3 Å². The van der Waals surface area contributed by atoms with Crippen LogP contribution in [0.15, 0.2) is 47.4 Å². The van der Waals surface area contributed by atoms with E-state index in [1.54, 1.807) is 0 Å². The predicted molar refractivity (Wildman–Crippen MR) is 79.7 cm³/mol. The van der Waals surface area contributed by atoms with Crippen LogP contribution >= 0.6 is 11.8 Å². The van der Waals surface area contributed by atoms with Crippen molar-refractivity contribution in [2.45, 2.75) is 16.2 Å². The predicted octanol–water partition coefficient (Wildman–Crippen LogP) is 3.78. The lowest BCUT2D eigenvalue weighted by Crippen LogP contribution is -2.35. The van der Waals surface area contributed by atoms with Crippen LogP contribution in [0.2, 0.25) is 0 Å². The van der Waals surface area contributed by atoms with Gasteiger partial charge in [-0.05, 0) is 31.3 Å². The standard InChI is InChI=1S/C16H15F2NOS/c1-19-16-11-4-2-3-5-13(11)20-9-15(16)21-14-8-10(17)6-7-12(14)18/h2-8,15-16,19H,9H2,1H3. The van der Waals surface area contributed by atoms with Gasteiger partial charge in [-0.2, -0.15) is 0 Å². The molecule has 0 saturated heterocycles. The van der Waals surface area contributed by atoms with Crippen molar-refractivity contribution >= 4 is 11.8 Å². The van der Waals surface area contributed by atoms with E-state index >= 15 is 0 Å². The number of rotatable bonds is 3. The number of nitrogens with one attached hydrogen (secondary N) is 1. The van der Waals surface area contributed by atoms with E-state index in [0.29, 0.717) is 11.5 Å². The molecule has 0 aromatic heterocycles. The highest BCUT2D eigenvalue weighted by molar-refractivity contribution is 8.00. The average molecular weight is 307 g/mol.